The van der Waals surface area contributed by atoms with Crippen molar-refractivity contribution in [3.63, 3.8) is 0 Å². The number of H-pyrrole nitrogens is 2. The lowest BCUT2D eigenvalue weighted by Gasteiger charge is -2.04. The molecule has 0 amide bonds. The number of esters is 1. The standard InChI is InChI=1S/C14H12N4O4/c19-13(20)11-7-4-5-9(10(7)16-17-11)22-14(21)12-6-2-1-3-8(6)15-18-12/h5H,1-4H2,(H,15,18)(H,16,17)(H,19,20). The first-order valence-electron chi connectivity index (χ1n) is 6.94. The molecule has 0 aliphatic heterocycles. The largest absolute Gasteiger partial charge is 0.477 e. The summed E-state index contributed by atoms with van der Waals surface area (Å²) in [7, 11) is 0. The van der Waals surface area contributed by atoms with Crippen molar-refractivity contribution in [2.24, 2.45) is 0 Å². The van der Waals surface area contributed by atoms with E-state index in [0.717, 1.165) is 30.5 Å². The Morgan fingerprint density at radius 3 is 2.77 bits per heavy atom. The highest BCUT2D eigenvalue weighted by molar-refractivity contribution is 5.95. The van der Waals surface area contributed by atoms with Gasteiger partial charge in [0, 0.05) is 11.1 Å². The van der Waals surface area contributed by atoms with E-state index in [4.69, 9.17) is 9.84 Å². The van der Waals surface area contributed by atoms with Gasteiger partial charge in [0.05, 0.1) is 5.69 Å². The number of fused-ring (bicyclic) bond motifs is 2. The summed E-state index contributed by atoms with van der Waals surface area (Å²) in [5, 5.41) is 22.3. The molecule has 0 aromatic carbocycles. The van der Waals surface area contributed by atoms with E-state index in [1.165, 1.54) is 0 Å². The lowest BCUT2D eigenvalue weighted by Crippen LogP contribution is -2.07. The highest BCUT2D eigenvalue weighted by Gasteiger charge is 2.29. The van der Waals surface area contributed by atoms with Crippen molar-refractivity contribution in [3.05, 3.63) is 40.0 Å². The zero-order chi connectivity index (χ0) is 15.3. The van der Waals surface area contributed by atoms with Crippen LogP contribution in [0.15, 0.2) is 6.08 Å². The van der Waals surface area contributed by atoms with E-state index in [1.54, 1.807) is 6.08 Å². The number of hydrogen-bond donors (Lipinski definition) is 3. The zero-order valence-corrected chi connectivity index (χ0v) is 11.5. The number of hydrogen-bond acceptors (Lipinski definition) is 5. The van der Waals surface area contributed by atoms with Crippen molar-refractivity contribution in [2.75, 3.05) is 0 Å². The fraction of sp³-hybridized carbons (Fsp3) is 0.286. The number of ether oxygens (including phenoxy) is 1. The second-order valence-corrected chi connectivity index (χ2v) is 5.27. The highest BCUT2D eigenvalue weighted by Crippen LogP contribution is 2.30. The predicted octanol–water partition coefficient (Wildman–Crippen LogP) is 1.07. The summed E-state index contributed by atoms with van der Waals surface area (Å²) in [6.45, 7) is 0. The van der Waals surface area contributed by atoms with Gasteiger partial charge in [-0.3, -0.25) is 10.2 Å². The number of carbonyl (C=O) groups is 2. The van der Waals surface area contributed by atoms with Crippen LogP contribution in [0, 0.1) is 0 Å². The Morgan fingerprint density at radius 1 is 1.14 bits per heavy atom. The first-order chi connectivity index (χ1) is 10.6. The third-order valence-electron chi connectivity index (χ3n) is 4.01. The molecule has 0 saturated carbocycles. The molecule has 8 heteroatoms. The molecule has 0 fully saturated rings. The van der Waals surface area contributed by atoms with E-state index in [2.05, 4.69) is 20.4 Å². The molecule has 22 heavy (non-hydrogen) atoms. The minimum Gasteiger partial charge on any atom is -0.477 e. The number of carbonyl (C=O) groups excluding carboxylic acids is 1. The van der Waals surface area contributed by atoms with Crippen molar-refractivity contribution in [1.82, 2.24) is 20.4 Å². The van der Waals surface area contributed by atoms with Crippen molar-refractivity contribution in [2.45, 2.75) is 25.7 Å². The number of nitrogens with one attached hydrogen (secondary N) is 2. The summed E-state index contributed by atoms with van der Waals surface area (Å²) in [6, 6.07) is 0. The van der Waals surface area contributed by atoms with Crippen LogP contribution in [0.5, 0.6) is 0 Å². The number of allylic oxidation sites excluding steroid dienone is 1. The van der Waals surface area contributed by atoms with Gasteiger partial charge in [-0.25, -0.2) is 9.59 Å². The average Bonchev–Trinajstić information content (AvgIpc) is 3.19. The van der Waals surface area contributed by atoms with Crippen LogP contribution < -0.4 is 0 Å². The number of carboxylic acids is 1. The number of carboxylic acid groups (broad SMARTS) is 1. The molecule has 2 aliphatic rings. The number of aryl methyl sites for hydroxylation is 1. The smallest absolute Gasteiger partial charge is 0.362 e. The van der Waals surface area contributed by atoms with E-state index < -0.39 is 11.9 Å². The Kier molecular flexibility index (Phi) is 2.65. The van der Waals surface area contributed by atoms with Gasteiger partial charge >= 0.3 is 11.9 Å². The first-order valence-corrected chi connectivity index (χ1v) is 6.94. The van der Waals surface area contributed by atoms with Crippen LogP contribution >= 0.6 is 0 Å². The molecule has 3 N–H and O–H groups in total. The SMILES string of the molecule is O=C(OC1=CCc2c1n[nH]c2C(=O)O)c1[nH]nc2c1CCC2. The number of aromatic amines is 2. The molecule has 0 unspecified atom stereocenters. The maximum atomic E-state index is 12.3. The Balaban J connectivity index is 1.58. The van der Waals surface area contributed by atoms with E-state index in [-0.39, 0.29) is 11.5 Å². The van der Waals surface area contributed by atoms with E-state index in [1.807, 2.05) is 0 Å². The fourth-order valence-electron chi connectivity index (χ4n) is 2.96. The maximum absolute atomic E-state index is 12.3. The van der Waals surface area contributed by atoms with Crippen molar-refractivity contribution < 1.29 is 19.4 Å². The van der Waals surface area contributed by atoms with E-state index in [9.17, 15) is 9.59 Å². The van der Waals surface area contributed by atoms with Crippen molar-refractivity contribution in [3.8, 4) is 0 Å². The minimum absolute atomic E-state index is 0.0275. The number of aromatic nitrogens is 4. The highest BCUT2D eigenvalue weighted by atomic mass is 16.5. The molecule has 8 nitrogen and oxygen atoms in total. The van der Waals surface area contributed by atoms with Crippen molar-refractivity contribution in [1.29, 1.82) is 0 Å². The molecule has 4 rings (SSSR count). The van der Waals surface area contributed by atoms with E-state index in [0.29, 0.717) is 23.4 Å². The normalized spacial score (nSPS) is 15.4. The monoisotopic (exact) mass is 300 g/mol. The molecule has 2 aliphatic carbocycles. The number of rotatable bonds is 3. The van der Waals surface area contributed by atoms with Crippen LogP contribution in [0.2, 0.25) is 0 Å². The van der Waals surface area contributed by atoms with Gasteiger partial charge in [-0.15, -0.1) is 0 Å². The van der Waals surface area contributed by atoms with E-state index >= 15 is 0 Å². The molecule has 2 heterocycles. The lowest BCUT2D eigenvalue weighted by atomic mass is 10.2. The van der Waals surface area contributed by atoms with Crippen LogP contribution in [-0.4, -0.2) is 37.4 Å². The molecule has 0 spiro atoms. The van der Waals surface area contributed by atoms with Crippen LogP contribution in [-0.2, 0) is 24.0 Å². The summed E-state index contributed by atoms with van der Waals surface area (Å²) in [4.78, 5) is 23.3. The van der Waals surface area contributed by atoms with Crippen LogP contribution in [0.25, 0.3) is 5.76 Å². The van der Waals surface area contributed by atoms with Crippen molar-refractivity contribution >= 4 is 17.7 Å². The van der Waals surface area contributed by atoms with Gasteiger partial charge in [-0.05, 0) is 31.8 Å². The predicted molar refractivity (Wildman–Crippen MR) is 73.3 cm³/mol. The number of aromatic carboxylic acids is 1. The summed E-state index contributed by atoms with van der Waals surface area (Å²) in [6.07, 6.45) is 4.70. The summed E-state index contributed by atoms with van der Waals surface area (Å²) < 4.78 is 5.38. The Morgan fingerprint density at radius 2 is 1.95 bits per heavy atom. The van der Waals surface area contributed by atoms with Crippen LogP contribution in [0.4, 0.5) is 0 Å². The third-order valence-corrected chi connectivity index (χ3v) is 4.01. The molecule has 0 radical (unpaired) electrons. The maximum Gasteiger partial charge on any atom is 0.362 e. The first kappa shape index (κ1) is 12.8. The zero-order valence-electron chi connectivity index (χ0n) is 11.5. The van der Waals surface area contributed by atoms with Gasteiger partial charge in [0.1, 0.15) is 17.1 Å². The molecule has 0 bridgehead atoms. The van der Waals surface area contributed by atoms with Gasteiger partial charge < -0.3 is 9.84 Å². The average molecular weight is 300 g/mol. The molecule has 0 atom stereocenters. The third kappa shape index (κ3) is 1.77. The molecule has 2 aromatic rings. The summed E-state index contributed by atoms with van der Waals surface area (Å²) in [5.41, 5.74) is 3.14. The fourth-order valence-corrected chi connectivity index (χ4v) is 2.96. The molecule has 2 aromatic heterocycles. The van der Waals surface area contributed by atoms with Gasteiger partial charge in [-0.1, -0.05) is 0 Å². The second kappa shape index (κ2) is 4.55. The molecular weight excluding hydrogens is 288 g/mol. The van der Waals surface area contributed by atoms with Gasteiger partial charge in [0.15, 0.2) is 5.76 Å². The van der Waals surface area contributed by atoms with Gasteiger partial charge in [0.2, 0.25) is 0 Å². The second-order valence-electron chi connectivity index (χ2n) is 5.27. The minimum atomic E-state index is -1.08. The van der Waals surface area contributed by atoms with Gasteiger partial charge in [-0.2, -0.15) is 10.2 Å². The quantitative estimate of drug-likeness (QED) is 0.729. The Labute approximate surface area is 124 Å². The van der Waals surface area contributed by atoms with Crippen LogP contribution in [0.1, 0.15) is 49.9 Å². The summed E-state index contributed by atoms with van der Waals surface area (Å²) in [5.74, 6) is -1.32. The summed E-state index contributed by atoms with van der Waals surface area (Å²) >= 11 is 0. The molecule has 112 valence electrons. The lowest BCUT2D eigenvalue weighted by molar-refractivity contribution is 0.0676. The topological polar surface area (TPSA) is 121 Å². The van der Waals surface area contributed by atoms with Gasteiger partial charge in [0.25, 0.3) is 0 Å². The number of nitrogens with zero attached hydrogens (tertiary/aromatic N) is 2. The Bertz CT molecular complexity index is 830. The molecular formula is C14H12N4O4. The Hall–Kier alpha value is -2.90. The molecule has 0 saturated heterocycles. The van der Waals surface area contributed by atoms with Crippen LogP contribution in [0.3, 0.4) is 0 Å².